The lowest BCUT2D eigenvalue weighted by Gasteiger charge is -2.21. The Kier molecular flexibility index (Phi) is 4.49. The number of hydrogen-bond acceptors (Lipinski definition) is 2. The molecule has 1 unspecified atom stereocenters. The van der Waals surface area contributed by atoms with Gasteiger partial charge in [-0.25, -0.2) is 4.98 Å². The van der Waals surface area contributed by atoms with Crippen molar-refractivity contribution in [3.05, 3.63) is 29.6 Å². The first-order valence-corrected chi connectivity index (χ1v) is 7.06. The number of aromatic nitrogens is 2. The van der Waals surface area contributed by atoms with Crippen LogP contribution in [0.15, 0.2) is 18.2 Å². The zero-order chi connectivity index (χ0) is 15.8. The molecule has 0 aliphatic heterocycles. The Morgan fingerprint density at radius 2 is 2.00 bits per heavy atom. The Labute approximate surface area is 126 Å². The third kappa shape index (κ3) is 3.32. The second kappa shape index (κ2) is 5.85. The average molecular weight is 320 g/mol. The number of alkyl halides is 4. The Hall–Kier alpha value is -1.27. The second-order valence-electron chi connectivity index (χ2n) is 5.29. The number of rotatable bonds is 4. The highest BCUT2D eigenvalue weighted by atomic mass is 35.5. The maximum Gasteiger partial charge on any atom is 0.416 e. The first kappa shape index (κ1) is 16.1. The van der Waals surface area contributed by atoms with Crippen molar-refractivity contribution in [1.29, 1.82) is 0 Å². The van der Waals surface area contributed by atoms with Crippen LogP contribution in [0.5, 0.6) is 0 Å². The van der Waals surface area contributed by atoms with E-state index in [4.69, 9.17) is 11.6 Å². The van der Waals surface area contributed by atoms with E-state index in [1.165, 1.54) is 6.07 Å². The van der Waals surface area contributed by atoms with Crippen molar-refractivity contribution in [2.75, 3.05) is 14.1 Å². The quantitative estimate of drug-likeness (QED) is 0.800. The maximum absolute atomic E-state index is 12.8. The van der Waals surface area contributed by atoms with E-state index >= 15 is 0 Å². The molecule has 1 heterocycles. The molecule has 0 bridgehead atoms. The van der Waals surface area contributed by atoms with Crippen molar-refractivity contribution in [3.63, 3.8) is 0 Å². The van der Waals surface area contributed by atoms with Crippen LogP contribution >= 0.6 is 11.6 Å². The number of halogens is 4. The van der Waals surface area contributed by atoms with Crippen molar-refractivity contribution in [2.24, 2.45) is 0 Å². The van der Waals surface area contributed by atoms with Gasteiger partial charge in [-0.2, -0.15) is 13.2 Å². The molecule has 3 nitrogen and oxygen atoms in total. The number of hydrogen-bond donors (Lipinski definition) is 0. The first-order chi connectivity index (χ1) is 9.74. The van der Waals surface area contributed by atoms with Crippen molar-refractivity contribution < 1.29 is 13.2 Å². The third-order valence-corrected chi connectivity index (χ3v) is 3.84. The third-order valence-electron chi connectivity index (χ3n) is 3.60. The zero-order valence-electron chi connectivity index (χ0n) is 12.1. The fourth-order valence-electron chi connectivity index (χ4n) is 2.09. The van der Waals surface area contributed by atoms with Crippen LogP contribution in [-0.2, 0) is 18.6 Å². The summed E-state index contributed by atoms with van der Waals surface area (Å²) in [6, 6.07) is 3.83. The van der Waals surface area contributed by atoms with Gasteiger partial charge in [0.15, 0.2) is 0 Å². The van der Waals surface area contributed by atoms with Crippen LogP contribution in [0.25, 0.3) is 11.0 Å². The molecule has 0 fully saturated rings. The van der Waals surface area contributed by atoms with E-state index in [1.54, 1.807) is 0 Å². The minimum Gasteiger partial charge on any atom is -0.325 e. The van der Waals surface area contributed by atoms with E-state index in [9.17, 15) is 13.2 Å². The van der Waals surface area contributed by atoms with Gasteiger partial charge in [-0.1, -0.05) is 0 Å². The van der Waals surface area contributed by atoms with Gasteiger partial charge < -0.3 is 9.47 Å². The van der Waals surface area contributed by atoms with Gasteiger partial charge in [0.25, 0.3) is 0 Å². The van der Waals surface area contributed by atoms with Crippen LogP contribution in [0.1, 0.15) is 18.3 Å². The second-order valence-corrected chi connectivity index (χ2v) is 5.55. The molecule has 1 aromatic heterocycles. The lowest BCUT2D eigenvalue weighted by atomic mass is 10.2. The van der Waals surface area contributed by atoms with Gasteiger partial charge in [0.2, 0.25) is 0 Å². The van der Waals surface area contributed by atoms with E-state index in [0.717, 1.165) is 12.1 Å². The molecule has 0 aliphatic carbocycles. The normalized spacial score (nSPS) is 14.1. The Morgan fingerprint density at radius 1 is 1.33 bits per heavy atom. The molecule has 0 radical (unpaired) electrons. The summed E-state index contributed by atoms with van der Waals surface area (Å²) in [6.07, 6.45) is -4.37. The van der Waals surface area contributed by atoms with Crippen molar-refractivity contribution in [1.82, 2.24) is 14.5 Å². The SMILES string of the molecule is CC(Cn1c(CCl)nc2cc(C(F)(F)F)ccc21)N(C)C. The molecule has 0 spiro atoms. The van der Waals surface area contributed by atoms with Gasteiger partial charge >= 0.3 is 6.18 Å². The number of nitrogens with zero attached hydrogens (tertiary/aromatic N) is 3. The molecular weight excluding hydrogens is 303 g/mol. The Morgan fingerprint density at radius 3 is 2.52 bits per heavy atom. The highest BCUT2D eigenvalue weighted by Crippen LogP contribution is 2.31. The minimum atomic E-state index is -4.37. The van der Waals surface area contributed by atoms with E-state index in [2.05, 4.69) is 4.98 Å². The highest BCUT2D eigenvalue weighted by Gasteiger charge is 2.31. The fraction of sp³-hybridized carbons (Fsp3) is 0.500. The van der Waals surface area contributed by atoms with E-state index < -0.39 is 11.7 Å². The molecule has 0 saturated heterocycles. The van der Waals surface area contributed by atoms with E-state index in [1.807, 2.05) is 30.5 Å². The van der Waals surface area contributed by atoms with Crippen molar-refractivity contribution in [3.8, 4) is 0 Å². The van der Waals surface area contributed by atoms with Gasteiger partial charge in [0.1, 0.15) is 5.82 Å². The van der Waals surface area contributed by atoms with Crippen LogP contribution in [0.2, 0.25) is 0 Å². The van der Waals surface area contributed by atoms with Crippen LogP contribution < -0.4 is 0 Å². The smallest absolute Gasteiger partial charge is 0.325 e. The predicted molar refractivity (Wildman–Crippen MR) is 77.4 cm³/mol. The topological polar surface area (TPSA) is 21.1 Å². The molecule has 2 rings (SSSR count). The number of fused-ring (bicyclic) bond motifs is 1. The van der Waals surface area contributed by atoms with Gasteiger partial charge in [0.05, 0.1) is 22.5 Å². The summed E-state index contributed by atoms with van der Waals surface area (Å²) < 4.78 is 40.1. The number of imidazole rings is 1. The Bertz CT molecular complexity index is 634. The molecule has 0 amide bonds. The molecule has 1 atom stereocenters. The number of benzene rings is 1. The largest absolute Gasteiger partial charge is 0.416 e. The number of likely N-dealkylation sites (N-methyl/N-ethyl adjacent to an activating group) is 1. The van der Waals surface area contributed by atoms with Crippen LogP contribution in [0.4, 0.5) is 13.2 Å². The molecule has 0 N–H and O–H groups in total. The maximum atomic E-state index is 12.8. The molecule has 2 aromatic rings. The van der Waals surface area contributed by atoms with Crippen LogP contribution in [0.3, 0.4) is 0 Å². The molecule has 116 valence electrons. The van der Waals surface area contributed by atoms with E-state index in [0.29, 0.717) is 23.4 Å². The summed E-state index contributed by atoms with van der Waals surface area (Å²) in [4.78, 5) is 6.27. The summed E-state index contributed by atoms with van der Waals surface area (Å²) in [5, 5.41) is 0. The first-order valence-electron chi connectivity index (χ1n) is 6.52. The predicted octanol–water partition coefficient (Wildman–Crippen LogP) is 3.74. The lowest BCUT2D eigenvalue weighted by molar-refractivity contribution is -0.137. The van der Waals surface area contributed by atoms with Gasteiger partial charge in [-0.05, 0) is 39.2 Å². The highest BCUT2D eigenvalue weighted by molar-refractivity contribution is 6.16. The summed E-state index contributed by atoms with van der Waals surface area (Å²) in [5.74, 6) is 0.746. The van der Waals surface area contributed by atoms with Gasteiger partial charge in [-0.3, -0.25) is 0 Å². The lowest BCUT2D eigenvalue weighted by Crippen LogP contribution is -2.29. The fourth-order valence-corrected chi connectivity index (χ4v) is 2.29. The zero-order valence-corrected chi connectivity index (χ0v) is 12.8. The summed E-state index contributed by atoms with van der Waals surface area (Å²) in [5.41, 5.74) is 0.306. The van der Waals surface area contributed by atoms with Crippen LogP contribution in [-0.4, -0.2) is 34.6 Å². The average Bonchev–Trinajstić information content (AvgIpc) is 2.75. The monoisotopic (exact) mass is 319 g/mol. The standard InChI is InChI=1S/C14H17ClF3N3/c1-9(20(2)3)8-21-12-5-4-10(14(16,17)18)6-11(12)19-13(21)7-15/h4-6,9H,7-8H2,1-3H3. The minimum absolute atomic E-state index is 0.163. The van der Waals surface area contributed by atoms with Gasteiger partial charge in [0, 0.05) is 12.6 Å². The summed E-state index contributed by atoms with van der Waals surface area (Å²) in [7, 11) is 3.90. The van der Waals surface area contributed by atoms with Crippen molar-refractivity contribution >= 4 is 22.6 Å². The summed E-state index contributed by atoms with van der Waals surface area (Å²) in [6.45, 7) is 2.66. The molecule has 0 saturated carbocycles. The van der Waals surface area contributed by atoms with Gasteiger partial charge in [-0.15, -0.1) is 11.6 Å². The Balaban J connectivity index is 2.50. The molecule has 7 heteroatoms. The molecule has 21 heavy (non-hydrogen) atoms. The molecule has 0 aliphatic rings. The van der Waals surface area contributed by atoms with E-state index in [-0.39, 0.29) is 11.9 Å². The molecule has 1 aromatic carbocycles. The van der Waals surface area contributed by atoms with Crippen molar-refractivity contribution in [2.45, 2.75) is 31.6 Å². The van der Waals surface area contributed by atoms with Crippen LogP contribution in [0, 0.1) is 0 Å². The molecular formula is C14H17ClF3N3. The summed E-state index contributed by atoms with van der Waals surface area (Å²) >= 11 is 5.88.